The molecule has 1 N–H and O–H groups in total. The van der Waals surface area contributed by atoms with Crippen LogP contribution in [0.1, 0.15) is 30.7 Å². The van der Waals surface area contributed by atoms with E-state index in [4.69, 9.17) is 4.74 Å². The molecule has 1 fully saturated rings. The van der Waals surface area contributed by atoms with Gasteiger partial charge in [0.1, 0.15) is 0 Å². The fraction of sp³-hybridized carbons (Fsp3) is 0.636. The van der Waals surface area contributed by atoms with Gasteiger partial charge >= 0.3 is 0 Å². The molecule has 3 heteroatoms. The average molecular weight is 211 g/mol. The maximum atomic E-state index is 5.33. The summed E-state index contributed by atoms with van der Waals surface area (Å²) >= 11 is 1.83. The van der Waals surface area contributed by atoms with Gasteiger partial charge in [-0.05, 0) is 31.2 Å². The van der Waals surface area contributed by atoms with Crippen LogP contribution in [0.3, 0.4) is 0 Å². The molecule has 0 radical (unpaired) electrons. The summed E-state index contributed by atoms with van der Waals surface area (Å²) in [4.78, 5) is 1.43. The molecular formula is C11H17NOS. The second-order valence-corrected chi connectivity index (χ2v) is 4.77. The molecule has 1 atom stereocenters. The number of hydrogen-bond acceptors (Lipinski definition) is 3. The van der Waals surface area contributed by atoms with Gasteiger partial charge < -0.3 is 10.1 Å². The Balaban J connectivity index is 1.84. The fourth-order valence-electron chi connectivity index (χ4n) is 1.84. The summed E-state index contributed by atoms with van der Waals surface area (Å²) in [5, 5.41) is 5.79. The van der Waals surface area contributed by atoms with E-state index in [1.807, 2.05) is 11.3 Å². The van der Waals surface area contributed by atoms with Crippen LogP contribution < -0.4 is 5.32 Å². The van der Waals surface area contributed by atoms with Crippen molar-refractivity contribution in [2.45, 2.75) is 31.8 Å². The molecule has 2 nitrogen and oxygen atoms in total. The molecule has 1 aromatic rings. The van der Waals surface area contributed by atoms with Gasteiger partial charge in [-0.2, -0.15) is 0 Å². The van der Waals surface area contributed by atoms with Crippen LogP contribution in [0.25, 0.3) is 0 Å². The van der Waals surface area contributed by atoms with Crippen molar-refractivity contribution in [1.29, 1.82) is 0 Å². The number of rotatable bonds is 3. The van der Waals surface area contributed by atoms with Crippen molar-refractivity contribution < 1.29 is 4.74 Å². The third kappa shape index (κ3) is 2.56. The fourth-order valence-corrected chi connectivity index (χ4v) is 2.58. The summed E-state index contributed by atoms with van der Waals surface area (Å²) in [5.74, 6) is 0. The van der Waals surface area contributed by atoms with Crippen LogP contribution in [0, 0.1) is 0 Å². The zero-order valence-corrected chi connectivity index (χ0v) is 9.35. The molecule has 1 aliphatic rings. The first-order valence-electron chi connectivity index (χ1n) is 5.23. The molecule has 0 saturated carbocycles. The largest absolute Gasteiger partial charge is 0.381 e. The van der Waals surface area contributed by atoms with Gasteiger partial charge in [0.2, 0.25) is 0 Å². The number of nitrogens with one attached hydrogen (secondary N) is 1. The Labute approximate surface area is 89.3 Å². The van der Waals surface area contributed by atoms with E-state index in [2.05, 4.69) is 29.8 Å². The Morgan fingerprint density at radius 2 is 2.29 bits per heavy atom. The van der Waals surface area contributed by atoms with E-state index in [0.29, 0.717) is 12.1 Å². The molecular weight excluding hydrogens is 194 g/mol. The molecule has 2 heterocycles. The predicted octanol–water partition coefficient (Wildman–Crippen LogP) is 2.58. The maximum Gasteiger partial charge on any atom is 0.0480 e. The Kier molecular flexibility index (Phi) is 3.56. The lowest BCUT2D eigenvalue weighted by atomic mass is 10.1. The van der Waals surface area contributed by atoms with Crippen molar-refractivity contribution >= 4 is 11.3 Å². The summed E-state index contributed by atoms with van der Waals surface area (Å²) in [6.45, 7) is 4.06. The van der Waals surface area contributed by atoms with E-state index in [-0.39, 0.29) is 0 Å². The van der Waals surface area contributed by atoms with Gasteiger partial charge in [-0.25, -0.2) is 0 Å². The number of thiophene rings is 1. The van der Waals surface area contributed by atoms with Gasteiger partial charge in [-0.3, -0.25) is 0 Å². The molecule has 1 saturated heterocycles. The quantitative estimate of drug-likeness (QED) is 0.829. The normalized spacial score (nSPS) is 20.9. The lowest BCUT2D eigenvalue weighted by Gasteiger charge is -2.26. The first kappa shape index (κ1) is 10.1. The van der Waals surface area contributed by atoms with Gasteiger partial charge in [0.25, 0.3) is 0 Å². The van der Waals surface area contributed by atoms with Gasteiger partial charge in [-0.15, -0.1) is 11.3 Å². The Morgan fingerprint density at radius 3 is 2.93 bits per heavy atom. The highest BCUT2D eigenvalue weighted by molar-refractivity contribution is 7.10. The zero-order chi connectivity index (χ0) is 9.80. The number of ether oxygens (including phenoxy) is 1. The minimum Gasteiger partial charge on any atom is -0.381 e. The maximum absolute atomic E-state index is 5.33. The van der Waals surface area contributed by atoms with Crippen molar-refractivity contribution in [2.75, 3.05) is 13.2 Å². The predicted molar refractivity (Wildman–Crippen MR) is 59.7 cm³/mol. The zero-order valence-electron chi connectivity index (χ0n) is 8.53. The molecule has 0 bridgehead atoms. The third-order valence-corrected chi connectivity index (χ3v) is 3.73. The van der Waals surface area contributed by atoms with E-state index >= 15 is 0 Å². The van der Waals surface area contributed by atoms with Gasteiger partial charge in [0.05, 0.1) is 0 Å². The van der Waals surface area contributed by atoms with E-state index in [1.54, 1.807) is 0 Å². The lowest BCUT2D eigenvalue weighted by molar-refractivity contribution is 0.0755. The van der Waals surface area contributed by atoms with Crippen LogP contribution in [-0.2, 0) is 4.74 Å². The molecule has 0 spiro atoms. The van der Waals surface area contributed by atoms with Crippen LogP contribution >= 0.6 is 11.3 Å². The SMILES string of the molecule is CC(NC1CCOCC1)c1cccs1. The third-order valence-electron chi connectivity index (χ3n) is 2.68. The van der Waals surface area contributed by atoms with Crippen LogP contribution in [0.5, 0.6) is 0 Å². The van der Waals surface area contributed by atoms with E-state index in [9.17, 15) is 0 Å². The minimum atomic E-state index is 0.484. The van der Waals surface area contributed by atoms with Crippen LogP contribution in [0.2, 0.25) is 0 Å². The number of hydrogen-bond donors (Lipinski definition) is 1. The molecule has 0 aliphatic carbocycles. The molecule has 1 aliphatic heterocycles. The lowest BCUT2D eigenvalue weighted by Crippen LogP contribution is -2.36. The highest BCUT2D eigenvalue weighted by Crippen LogP contribution is 2.20. The van der Waals surface area contributed by atoms with Crippen molar-refractivity contribution in [3.05, 3.63) is 22.4 Å². The molecule has 0 amide bonds. The van der Waals surface area contributed by atoms with Crippen LogP contribution in [0.15, 0.2) is 17.5 Å². The summed E-state index contributed by atoms with van der Waals surface area (Å²) < 4.78 is 5.33. The second kappa shape index (κ2) is 4.91. The molecule has 2 rings (SSSR count). The van der Waals surface area contributed by atoms with Gasteiger partial charge in [0, 0.05) is 30.2 Å². The Hall–Kier alpha value is -0.380. The van der Waals surface area contributed by atoms with E-state index in [1.165, 1.54) is 4.88 Å². The molecule has 1 aromatic heterocycles. The van der Waals surface area contributed by atoms with Crippen molar-refractivity contribution in [3.8, 4) is 0 Å². The summed E-state index contributed by atoms with van der Waals surface area (Å²) in [6, 6.07) is 5.43. The summed E-state index contributed by atoms with van der Waals surface area (Å²) in [5.41, 5.74) is 0. The van der Waals surface area contributed by atoms with Crippen LogP contribution in [-0.4, -0.2) is 19.3 Å². The Morgan fingerprint density at radius 1 is 1.50 bits per heavy atom. The molecule has 14 heavy (non-hydrogen) atoms. The standard InChI is InChI=1S/C11H17NOS/c1-9(11-3-2-8-14-11)12-10-4-6-13-7-5-10/h2-3,8-10,12H,4-7H2,1H3. The summed E-state index contributed by atoms with van der Waals surface area (Å²) in [7, 11) is 0. The van der Waals surface area contributed by atoms with E-state index < -0.39 is 0 Å². The topological polar surface area (TPSA) is 21.3 Å². The second-order valence-electron chi connectivity index (χ2n) is 3.79. The van der Waals surface area contributed by atoms with Crippen molar-refractivity contribution in [2.24, 2.45) is 0 Å². The van der Waals surface area contributed by atoms with Crippen molar-refractivity contribution in [1.82, 2.24) is 5.32 Å². The van der Waals surface area contributed by atoms with Gasteiger partial charge in [0.15, 0.2) is 0 Å². The average Bonchev–Trinajstić information content (AvgIpc) is 2.72. The molecule has 78 valence electrons. The first-order valence-corrected chi connectivity index (χ1v) is 6.11. The minimum absolute atomic E-state index is 0.484. The first-order chi connectivity index (χ1) is 6.86. The molecule has 0 aromatic carbocycles. The van der Waals surface area contributed by atoms with E-state index in [0.717, 1.165) is 26.1 Å². The smallest absolute Gasteiger partial charge is 0.0480 e. The molecule has 1 unspecified atom stereocenters. The summed E-state index contributed by atoms with van der Waals surface area (Å²) in [6.07, 6.45) is 2.30. The van der Waals surface area contributed by atoms with Crippen LogP contribution in [0.4, 0.5) is 0 Å². The van der Waals surface area contributed by atoms with Crippen molar-refractivity contribution in [3.63, 3.8) is 0 Å². The highest BCUT2D eigenvalue weighted by Gasteiger charge is 2.16. The van der Waals surface area contributed by atoms with Gasteiger partial charge in [-0.1, -0.05) is 6.07 Å². The highest BCUT2D eigenvalue weighted by atomic mass is 32.1. The Bertz CT molecular complexity index is 254. The monoisotopic (exact) mass is 211 g/mol.